The largest absolute Gasteiger partial charge is 0.497 e. The zero-order valence-electron chi connectivity index (χ0n) is 15.1. The van der Waals surface area contributed by atoms with E-state index in [2.05, 4.69) is 15.2 Å². The first-order valence-electron chi connectivity index (χ1n) is 8.11. The first-order valence-corrected chi connectivity index (χ1v) is 8.11. The molecule has 0 bridgehead atoms. The van der Waals surface area contributed by atoms with Crippen LogP contribution in [0.2, 0.25) is 0 Å². The summed E-state index contributed by atoms with van der Waals surface area (Å²) in [5.74, 6) is 0.191. The van der Waals surface area contributed by atoms with E-state index in [-0.39, 0.29) is 11.0 Å². The molecule has 0 radical (unpaired) electrons. The Hall–Kier alpha value is -3.22. The van der Waals surface area contributed by atoms with Crippen LogP contribution < -0.4 is 4.74 Å². The first kappa shape index (κ1) is 17.6. The van der Waals surface area contributed by atoms with E-state index in [4.69, 9.17) is 4.74 Å². The summed E-state index contributed by atoms with van der Waals surface area (Å²) in [4.78, 5) is 15.9. The molecule has 7 heteroatoms. The van der Waals surface area contributed by atoms with Crippen LogP contribution in [-0.4, -0.2) is 27.6 Å². The molecule has 0 amide bonds. The smallest absolute Gasteiger partial charge is 0.337 e. The number of methoxy groups -OCH3 is 1. The van der Waals surface area contributed by atoms with Crippen LogP contribution in [0.5, 0.6) is 5.75 Å². The highest BCUT2D eigenvalue weighted by molar-refractivity contribution is 5.87. The molecule has 0 saturated heterocycles. The number of pyridine rings is 1. The Bertz CT molecular complexity index is 1000. The van der Waals surface area contributed by atoms with Crippen molar-refractivity contribution in [3.8, 4) is 5.75 Å². The van der Waals surface area contributed by atoms with Crippen molar-refractivity contribution in [2.75, 3.05) is 7.11 Å². The zero-order chi connectivity index (χ0) is 18.9. The van der Waals surface area contributed by atoms with Gasteiger partial charge in [0.2, 0.25) is 0 Å². The van der Waals surface area contributed by atoms with Gasteiger partial charge in [0.1, 0.15) is 11.4 Å². The molecule has 2 aromatic heterocycles. The normalized spacial score (nSPS) is 12.0. The van der Waals surface area contributed by atoms with Gasteiger partial charge in [-0.1, -0.05) is 26.8 Å². The third kappa shape index (κ3) is 3.42. The van der Waals surface area contributed by atoms with Crippen molar-refractivity contribution in [3.63, 3.8) is 0 Å². The first-order chi connectivity index (χ1) is 12.3. The predicted octanol–water partition coefficient (Wildman–Crippen LogP) is 4.75. The molecular formula is C19H20N4O3. The molecule has 2 heterocycles. The third-order valence-electron chi connectivity index (χ3n) is 3.86. The summed E-state index contributed by atoms with van der Waals surface area (Å²) in [6.07, 6.45) is 1.51. The number of azo groups is 1. The van der Waals surface area contributed by atoms with Crippen LogP contribution in [0.25, 0.3) is 5.65 Å². The van der Waals surface area contributed by atoms with Crippen LogP contribution in [0.4, 0.5) is 11.5 Å². The summed E-state index contributed by atoms with van der Waals surface area (Å²) < 4.78 is 6.86. The molecule has 7 nitrogen and oxygen atoms in total. The van der Waals surface area contributed by atoms with E-state index >= 15 is 0 Å². The average molecular weight is 352 g/mol. The maximum absolute atomic E-state index is 11.3. The van der Waals surface area contributed by atoms with E-state index in [9.17, 15) is 9.90 Å². The summed E-state index contributed by atoms with van der Waals surface area (Å²) in [7, 11) is 1.59. The number of aromatic carboxylic acids is 1. The lowest BCUT2D eigenvalue weighted by atomic mass is 9.92. The molecule has 0 spiro atoms. The van der Waals surface area contributed by atoms with Crippen molar-refractivity contribution in [2.24, 2.45) is 10.2 Å². The van der Waals surface area contributed by atoms with E-state index in [1.807, 2.05) is 39.0 Å². The van der Waals surface area contributed by atoms with Crippen molar-refractivity contribution in [2.45, 2.75) is 26.2 Å². The number of carbonyl (C=O) groups is 1. The van der Waals surface area contributed by atoms with Crippen LogP contribution in [0, 0.1) is 0 Å². The lowest BCUT2D eigenvalue weighted by Gasteiger charge is -2.15. The number of hydrogen-bond donors (Lipinski definition) is 1. The van der Waals surface area contributed by atoms with Crippen LogP contribution in [0.15, 0.2) is 52.8 Å². The number of benzene rings is 1. The molecule has 134 valence electrons. The fourth-order valence-corrected chi connectivity index (χ4v) is 2.54. The maximum Gasteiger partial charge on any atom is 0.337 e. The van der Waals surface area contributed by atoms with Gasteiger partial charge in [-0.05, 0) is 24.3 Å². The fourth-order valence-electron chi connectivity index (χ4n) is 2.54. The molecule has 0 saturated carbocycles. The standard InChI is InChI=1S/C19H20N4O3/c1-19(2,3)16-17(22-21-13-6-5-7-14(10-13)26-4)23-11-12(18(24)25)8-9-15(23)20-16/h5-11H,1-4H3,(H,24,25). The number of ether oxygens (including phenoxy) is 1. The van der Waals surface area contributed by atoms with Gasteiger partial charge >= 0.3 is 5.97 Å². The van der Waals surface area contributed by atoms with Crippen LogP contribution in [0.3, 0.4) is 0 Å². The van der Waals surface area contributed by atoms with E-state index in [1.54, 1.807) is 23.6 Å². The van der Waals surface area contributed by atoms with Gasteiger partial charge in [0.25, 0.3) is 0 Å². The number of aromatic nitrogens is 2. The van der Waals surface area contributed by atoms with Gasteiger partial charge in [0.15, 0.2) is 5.82 Å². The van der Waals surface area contributed by atoms with Gasteiger partial charge in [-0.2, -0.15) is 0 Å². The Morgan fingerprint density at radius 2 is 1.96 bits per heavy atom. The monoisotopic (exact) mass is 352 g/mol. The van der Waals surface area contributed by atoms with Crippen LogP contribution in [-0.2, 0) is 5.41 Å². The van der Waals surface area contributed by atoms with Gasteiger partial charge in [-0.3, -0.25) is 4.40 Å². The Morgan fingerprint density at radius 3 is 2.62 bits per heavy atom. The lowest BCUT2D eigenvalue weighted by molar-refractivity contribution is 0.0696. The summed E-state index contributed by atoms with van der Waals surface area (Å²) in [5, 5.41) is 17.9. The van der Waals surface area contributed by atoms with Crippen molar-refractivity contribution < 1.29 is 14.6 Å². The van der Waals surface area contributed by atoms with Crippen molar-refractivity contribution in [1.82, 2.24) is 9.38 Å². The molecule has 0 unspecified atom stereocenters. The van der Waals surface area contributed by atoms with Crippen LogP contribution >= 0.6 is 0 Å². The van der Waals surface area contributed by atoms with Gasteiger partial charge < -0.3 is 9.84 Å². The summed E-state index contributed by atoms with van der Waals surface area (Å²) in [6, 6.07) is 10.4. The quantitative estimate of drug-likeness (QED) is 0.686. The van der Waals surface area contributed by atoms with Gasteiger partial charge in [-0.25, -0.2) is 9.78 Å². The number of rotatable bonds is 4. The Labute approximate surface area is 151 Å². The molecule has 1 aromatic carbocycles. The molecule has 0 aliphatic heterocycles. The number of carboxylic acid groups (broad SMARTS) is 1. The molecule has 0 atom stereocenters. The van der Waals surface area contributed by atoms with Gasteiger partial charge in [0, 0.05) is 17.7 Å². The summed E-state index contributed by atoms with van der Waals surface area (Å²) in [6.45, 7) is 6.08. The molecule has 3 aromatic rings. The average Bonchev–Trinajstić information content (AvgIpc) is 2.98. The van der Waals surface area contributed by atoms with Crippen molar-refractivity contribution >= 4 is 23.1 Å². The predicted molar refractivity (Wildman–Crippen MR) is 98.0 cm³/mol. The Balaban J connectivity index is 2.16. The summed E-state index contributed by atoms with van der Waals surface area (Å²) in [5.41, 5.74) is 1.88. The molecule has 1 N–H and O–H groups in total. The highest BCUT2D eigenvalue weighted by Crippen LogP contribution is 2.33. The number of nitrogens with zero attached hydrogens (tertiary/aromatic N) is 4. The summed E-state index contributed by atoms with van der Waals surface area (Å²) >= 11 is 0. The van der Waals surface area contributed by atoms with Gasteiger partial charge in [0.05, 0.1) is 24.1 Å². The second-order valence-corrected chi connectivity index (χ2v) is 6.89. The van der Waals surface area contributed by atoms with E-state index < -0.39 is 5.97 Å². The molecule has 0 aliphatic carbocycles. The lowest BCUT2D eigenvalue weighted by Crippen LogP contribution is -2.11. The highest BCUT2D eigenvalue weighted by Gasteiger charge is 2.24. The van der Waals surface area contributed by atoms with E-state index in [1.165, 1.54) is 12.3 Å². The second-order valence-electron chi connectivity index (χ2n) is 6.89. The number of carboxylic acids is 1. The fraction of sp³-hybridized carbons (Fsp3) is 0.263. The highest BCUT2D eigenvalue weighted by atomic mass is 16.5. The number of fused-ring (bicyclic) bond motifs is 1. The number of imidazole rings is 1. The van der Waals surface area contributed by atoms with Crippen molar-refractivity contribution in [1.29, 1.82) is 0 Å². The number of hydrogen-bond acceptors (Lipinski definition) is 5. The molecule has 3 rings (SSSR count). The van der Waals surface area contributed by atoms with E-state index in [0.29, 0.717) is 22.9 Å². The second kappa shape index (κ2) is 6.59. The van der Waals surface area contributed by atoms with Crippen molar-refractivity contribution in [3.05, 3.63) is 53.9 Å². The molecule has 0 aliphatic rings. The zero-order valence-corrected chi connectivity index (χ0v) is 15.1. The minimum absolute atomic E-state index is 0.160. The maximum atomic E-state index is 11.3. The Kier molecular flexibility index (Phi) is 4.46. The van der Waals surface area contributed by atoms with E-state index in [0.717, 1.165) is 5.69 Å². The SMILES string of the molecule is COc1cccc(N=Nc2c(C(C)(C)C)nc3ccc(C(=O)O)cn23)c1. The Morgan fingerprint density at radius 1 is 1.19 bits per heavy atom. The minimum atomic E-state index is -1.01. The molecule has 0 fully saturated rings. The topological polar surface area (TPSA) is 88.5 Å². The van der Waals surface area contributed by atoms with Crippen LogP contribution in [0.1, 0.15) is 36.8 Å². The minimum Gasteiger partial charge on any atom is -0.497 e. The molecular weight excluding hydrogens is 332 g/mol. The third-order valence-corrected chi connectivity index (χ3v) is 3.86. The molecule has 26 heavy (non-hydrogen) atoms. The van der Waals surface area contributed by atoms with Gasteiger partial charge in [-0.15, -0.1) is 10.2 Å².